The number of ether oxygens (including phenoxy) is 1. The van der Waals surface area contributed by atoms with Crippen LogP contribution in [0.1, 0.15) is 67.9 Å². The van der Waals surface area contributed by atoms with Gasteiger partial charge in [0.15, 0.2) is 0 Å². The number of hydrogen-bond acceptors (Lipinski definition) is 7. The molecule has 1 N–H and O–H groups in total. The molecule has 1 aliphatic carbocycles. The standard InChI is InChI=1S/C27H30N6O/c28-15-21-12-13-22(16-29-21)32-27-18-30-24(17-31-27)25-10-5-6-14-33(25)19-20-7-1-4-11-26(20)34-23-8-2-3-9-23/h1,4,7,11-13,16-18,23,25H,2-3,5-6,8-10,14,19H2,(H,31,32)/t25-/m0/s1. The van der Waals surface area contributed by atoms with Gasteiger partial charge in [0, 0.05) is 12.1 Å². The first-order valence-corrected chi connectivity index (χ1v) is 12.2. The van der Waals surface area contributed by atoms with Gasteiger partial charge in [-0.3, -0.25) is 9.88 Å². The zero-order valence-corrected chi connectivity index (χ0v) is 19.4. The van der Waals surface area contributed by atoms with E-state index in [1.807, 2.05) is 18.3 Å². The number of hydrogen-bond donors (Lipinski definition) is 1. The number of nitrogens with zero attached hydrogens (tertiary/aromatic N) is 5. The average molecular weight is 455 g/mol. The fourth-order valence-corrected chi connectivity index (χ4v) is 4.93. The molecule has 174 valence electrons. The number of anilines is 2. The van der Waals surface area contributed by atoms with Gasteiger partial charge in [0.1, 0.15) is 23.3 Å². The minimum absolute atomic E-state index is 0.242. The molecular formula is C27H30N6O. The Morgan fingerprint density at radius 1 is 0.941 bits per heavy atom. The first-order valence-electron chi connectivity index (χ1n) is 12.2. The largest absolute Gasteiger partial charge is 0.490 e. The molecule has 0 unspecified atom stereocenters. The summed E-state index contributed by atoms with van der Waals surface area (Å²) >= 11 is 0. The average Bonchev–Trinajstić information content (AvgIpc) is 3.40. The maximum absolute atomic E-state index is 8.90. The Balaban J connectivity index is 1.28. The summed E-state index contributed by atoms with van der Waals surface area (Å²) in [5.41, 5.74) is 3.41. The van der Waals surface area contributed by atoms with Crippen molar-refractivity contribution in [2.45, 2.75) is 63.6 Å². The Hall–Kier alpha value is -3.50. The molecule has 1 aromatic carbocycles. The lowest BCUT2D eigenvalue weighted by molar-refractivity contribution is 0.132. The summed E-state index contributed by atoms with van der Waals surface area (Å²) in [6.45, 7) is 1.90. The molecule has 1 aliphatic heterocycles. The maximum Gasteiger partial charge on any atom is 0.148 e. The molecule has 3 aromatic rings. The lowest BCUT2D eigenvalue weighted by Crippen LogP contribution is -2.33. The zero-order valence-electron chi connectivity index (χ0n) is 19.4. The molecule has 2 aromatic heterocycles. The number of nitrogens with one attached hydrogen (secondary N) is 1. The molecule has 1 atom stereocenters. The van der Waals surface area contributed by atoms with E-state index in [0.717, 1.165) is 49.5 Å². The van der Waals surface area contributed by atoms with Crippen LogP contribution in [-0.4, -0.2) is 32.5 Å². The highest BCUT2D eigenvalue weighted by Gasteiger charge is 2.27. The van der Waals surface area contributed by atoms with Gasteiger partial charge in [0.05, 0.1) is 42.1 Å². The van der Waals surface area contributed by atoms with Gasteiger partial charge in [-0.2, -0.15) is 5.26 Å². The Morgan fingerprint density at radius 3 is 2.56 bits per heavy atom. The minimum Gasteiger partial charge on any atom is -0.490 e. The number of likely N-dealkylation sites (tertiary alicyclic amines) is 1. The summed E-state index contributed by atoms with van der Waals surface area (Å²) in [7, 11) is 0. The molecule has 0 radical (unpaired) electrons. The monoisotopic (exact) mass is 454 g/mol. The number of rotatable bonds is 7. The smallest absolute Gasteiger partial charge is 0.148 e. The highest BCUT2D eigenvalue weighted by Crippen LogP contribution is 2.34. The third kappa shape index (κ3) is 5.35. The molecule has 2 aliphatic rings. The van der Waals surface area contributed by atoms with Crippen LogP contribution in [-0.2, 0) is 6.54 Å². The molecule has 5 rings (SSSR count). The predicted molar refractivity (Wildman–Crippen MR) is 131 cm³/mol. The van der Waals surface area contributed by atoms with Crippen molar-refractivity contribution in [3.63, 3.8) is 0 Å². The third-order valence-corrected chi connectivity index (χ3v) is 6.72. The van der Waals surface area contributed by atoms with Crippen LogP contribution in [0.2, 0.25) is 0 Å². The van der Waals surface area contributed by atoms with Gasteiger partial charge in [-0.25, -0.2) is 9.97 Å². The van der Waals surface area contributed by atoms with Crippen LogP contribution < -0.4 is 10.1 Å². The number of para-hydroxylation sites is 1. The van der Waals surface area contributed by atoms with Gasteiger partial charge in [-0.1, -0.05) is 24.6 Å². The molecule has 3 heterocycles. The van der Waals surface area contributed by atoms with Gasteiger partial charge < -0.3 is 10.1 Å². The second-order valence-corrected chi connectivity index (χ2v) is 9.11. The van der Waals surface area contributed by atoms with Crippen LogP contribution in [0.25, 0.3) is 0 Å². The molecular weight excluding hydrogens is 424 g/mol. The van der Waals surface area contributed by atoms with Crippen molar-refractivity contribution in [2.75, 3.05) is 11.9 Å². The molecule has 0 bridgehead atoms. The molecule has 1 saturated heterocycles. The third-order valence-electron chi connectivity index (χ3n) is 6.72. The molecule has 0 amide bonds. The molecule has 34 heavy (non-hydrogen) atoms. The zero-order chi connectivity index (χ0) is 23.2. The highest BCUT2D eigenvalue weighted by atomic mass is 16.5. The van der Waals surface area contributed by atoms with Crippen LogP contribution in [0.4, 0.5) is 11.5 Å². The van der Waals surface area contributed by atoms with Crippen LogP contribution in [0.15, 0.2) is 55.0 Å². The number of nitriles is 1. The van der Waals surface area contributed by atoms with E-state index in [-0.39, 0.29) is 6.04 Å². The van der Waals surface area contributed by atoms with Gasteiger partial charge >= 0.3 is 0 Å². The number of benzene rings is 1. The van der Waals surface area contributed by atoms with E-state index < -0.39 is 0 Å². The first-order chi connectivity index (χ1) is 16.8. The number of aromatic nitrogens is 3. The molecule has 2 fully saturated rings. The summed E-state index contributed by atoms with van der Waals surface area (Å²) < 4.78 is 6.39. The van der Waals surface area contributed by atoms with Crippen molar-refractivity contribution in [3.8, 4) is 11.8 Å². The summed E-state index contributed by atoms with van der Waals surface area (Å²) in [4.78, 5) is 16.0. The Labute approximate surface area is 200 Å². The molecule has 0 spiro atoms. The van der Waals surface area contributed by atoms with Crippen LogP contribution in [0.5, 0.6) is 5.75 Å². The van der Waals surface area contributed by atoms with Crippen molar-refractivity contribution in [2.24, 2.45) is 0 Å². The van der Waals surface area contributed by atoms with Crippen molar-refractivity contribution >= 4 is 11.5 Å². The minimum atomic E-state index is 0.242. The molecule has 1 saturated carbocycles. The highest BCUT2D eigenvalue weighted by molar-refractivity contribution is 5.54. The Kier molecular flexibility index (Phi) is 6.97. The van der Waals surface area contributed by atoms with Gasteiger partial charge in [-0.05, 0) is 63.3 Å². The topological polar surface area (TPSA) is 87.0 Å². The second-order valence-electron chi connectivity index (χ2n) is 9.11. The van der Waals surface area contributed by atoms with E-state index in [0.29, 0.717) is 17.6 Å². The molecule has 7 heteroatoms. The maximum atomic E-state index is 8.90. The summed E-state index contributed by atoms with van der Waals surface area (Å²) in [5.74, 6) is 1.69. The van der Waals surface area contributed by atoms with Crippen molar-refractivity contribution in [1.82, 2.24) is 19.9 Å². The van der Waals surface area contributed by atoms with Crippen molar-refractivity contribution in [3.05, 3.63) is 71.9 Å². The van der Waals surface area contributed by atoms with Crippen LogP contribution >= 0.6 is 0 Å². The quantitative estimate of drug-likeness (QED) is 0.502. The van der Waals surface area contributed by atoms with E-state index in [9.17, 15) is 0 Å². The predicted octanol–water partition coefficient (Wildman–Crippen LogP) is 5.54. The SMILES string of the molecule is N#Cc1ccc(Nc2cnc([C@@H]3CCCCN3Cc3ccccc3OC3CCCC3)cn2)cn1. The fraction of sp³-hybridized carbons (Fsp3) is 0.407. The van der Waals surface area contributed by atoms with E-state index in [1.54, 1.807) is 18.5 Å². The van der Waals surface area contributed by atoms with Crippen molar-refractivity contribution < 1.29 is 4.74 Å². The van der Waals surface area contributed by atoms with Gasteiger partial charge in [-0.15, -0.1) is 0 Å². The second kappa shape index (κ2) is 10.6. The molecule has 7 nitrogen and oxygen atoms in total. The summed E-state index contributed by atoms with van der Waals surface area (Å²) in [5, 5.41) is 12.1. The van der Waals surface area contributed by atoms with E-state index in [2.05, 4.69) is 44.5 Å². The Bertz CT molecular complexity index is 1120. The summed E-state index contributed by atoms with van der Waals surface area (Å²) in [6, 6.07) is 14.2. The number of piperidine rings is 1. The van der Waals surface area contributed by atoms with E-state index in [4.69, 9.17) is 15.0 Å². The summed E-state index contributed by atoms with van der Waals surface area (Å²) in [6.07, 6.45) is 14.0. The Morgan fingerprint density at radius 2 is 1.79 bits per heavy atom. The van der Waals surface area contributed by atoms with Crippen LogP contribution in [0, 0.1) is 11.3 Å². The lowest BCUT2D eigenvalue weighted by Gasteiger charge is -2.35. The van der Waals surface area contributed by atoms with Gasteiger partial charge in [0.2, 0.25) is 0 Å². The normalized spacial score (nSPS) is 19.0. The first kappa shape index (κ1) is 22.3. The van der Waals surface area contributed by atoms with E-state index in [1.165, 1.54) is 31.2 Å². The number of pyridine rings is 1. The van der Waals surface area contributed by atoms with E-state index >= 15 is 0 Å². The fourth-order valence-electron chi connectivity index (χ4n) is 4.93. The van der Waals surface area contributed by atoms with Gasteiger partial charge in [0.25, 0.3) is 0 Å². The van der Waals surface area contributed by atoms with Crippen LogP contribution in [0.3, 0.4) is 0 Å². The van der Waals surface area contributed by atoms with Crippen molar-refractivity contribution in [1.29, 1.82) is 5.26 Å². The lowest BCUT2D eigenvalue weighted by atomic mass is 9.98.